The SMILES string of the molecule is O=C(Nc1ccc(F)c(F)c1)C(=O)N1CCCc2ccccc21. The van der Waals surface area contributed by atoms with Crippen LogP contribution < -0.4 is 10.2 Å². The normalized spacial score (nSPS) is 13.4. The fourth-order valence-electron chi connectivity index (χ4n) is 2.63. The van der Waals surface area contributed by atoms with Gasteiger partial charge in [0.1, 0.15) is 0 Å². The molecule has 4 nitrogen and oxygen atoms in total. The molecule has 0 aliphatic carbocycles. The summed E-state index contributed by atoms with van der Waals surface area (Å²) in [6, 6.07) is 10.3. The number of aryl methyl sites for hydroxylation is 1. The lowest BCUT2D eigenvalue weighted by Gasteiger charge is -2.28. The third kappa shape index (κ3) is 3.06. The summed E-state index contributed by atoms with van der Waals surface area (Å²) in [6.45, 7) is 0.445. The van der Waals surface area contributed by atoms with Gasteiger partial charge in [-0.3, -0.25) is 9.59 Å². The predicted molar refractivity (Wildman–Crippen MR) is 82.1 cm³/mol. The average Bonchev–Trinajstić information content (AvgIpc) is 2.57. The fourth-order valence-corrected chi connectivity index (χ4v) is 2.63. The molecule has 2 aromatic carbocycles. The van der Waals surface area contributed by atoms with Gasteiger partial charge in [-0.25, -0.2) is 8.78 Å². The molecule has 1 N–H and O–H groups in total. The van der Waals surface area contributed by atoms with Crippen molar-refractivity contribution in [3.8, 4) is 0 Å². The number of carbonyl (C=O) groups is 2. The number of carbonyl (C=O) groups excluding carboxylic acids is 2. The van der Waals surface area contributed by atoms with Crippen molar-refractivity contribution in [1.82, 2.24) is 0 Å². The van der Waals surface area contributed by atoms with E-state index in [4.69, 9.17) is 0 Å². The van der Waals surface area contributed by atoms with E-state index >= 15 is 0 Å². The van der Waals surface area contributed by atoms with Gasteiger partial charge in [-0.15, -0.1) is 0 Å². The first kappa shape index (κ1) is 15.1. The minimum atomic E-state index is -1.08. The summed E-state index contributed by atoms with van der Waals surface area (Å²) in [6.07, 6.45) is 1.62. The number of nitrogens with zero attached hydrogens (tertiary/aromatic N) is 1. The standard InChI is InChI=1S/C17H14F2N2O2/c18-13-8-7-12(10-14(13)19)20-16(22)17(23)21-9-3-5-11-4-1-2-6-15(11)21/h1-2,4,6-8,10H,3,5,9H2,(H,20,22). The Kier molecular flexibility index (Phi) is 4.06. The second-order valence-electron chi connectivity index (χ2n) is 5.27. The maximum atomic E-state index is 13.2. The fraction of sp³-hybridized carbons (Fsp3) is 0.176. The van der Waals surface area contributed by atoms with Crippen molar-refractivity contribution < 1.29 is 18.4 Å². The topological polar surface area (TPSA) is 49.4 Å². The van der Waals surface area contributed by atoms with Crippen molar-refractivity contribution in [2.75, 3.05) is 16.8 Å². The number of hydrogen-bond donors (Lipinski definition) is 1. The minimum Gasteiger partial charge on any atom is -0.318 e. The van der Waals surface area contributed by atoms with Crippen LogP contribution in [-0.2, 0) is 16.0 Å². The van der Waals surface area contributed by atoms with Crippen molar-refractivity contribution >= 4 is 23.2 Å². The lowest BCUT2D eigenvalue weighted by Crippen LogP contribution is -2.42. The number of fused-ring (bicyclic) bond motifs is 1. The zero-order chi connectivity index (χ0) is 16.4. The Balaban J connectivity index is 1.78. The van der Waals surface area contributed by atoms with Crippen LogP contribution in [0.3, 0.4) is 0 Å². The van der Waals surface area contributed by atoms with Gasteiger partial charge < -0.3 is 10.2 Å². The Labute approximate surface area is 131 Å². The zero-order valence-corrected chi connectivity index (χ0v) is 12.2. The summed E-state index contributed by atoms with van der Waals surface area (Å²) in [7, 11) is 0. The largest absolute Gasteiger partial charge is 0.318 e. The van der Waals surface area contributed by atoms with Gasteiger partial charge in [0.25, 0.3) is 0 Å². The van der Waals surface area contributed by atoms with E-state index in [9.17, 15) is 18.4 Å². The molecule has 1 aliphatic rings. The highest BCUT2D eigenvalue weighted by atomic mass is 19.2. The summed E-state index contributed by atoms with van der Waals surface area (Å²) in [5, 5.41) is 2.30. The molecule has 3 rings (SSSR count). The number of benzene rings is 2. The highest BCUT2D eigenvalue weighted by Crippen LogP contribution is 2.26. The van der Waals surface area contributed by atoms with Gasteiger partial charge in [-0.05, 0) is 36.6 Å². The van der Waals surface area contributed by atoms with Crippen LogP contribution in [0.2, 0.25) is 0 Å². The molecule has 0 aromatic heterocycles. The van der Waals surface area contributed by atoms with Gasteiger partial charge in [0, 0.05) is 24.0 Å². The smallest absolute Gasteiger partial charge is 0.316 e. The van der Waals surface area contributed by atoms with E-state index in [0.717, 1.165) is 30.5 Å². The molecule has 0 spiro atoms. The highest BCUT2D eigenvalue weighted by Gasteiger charge is 2.27. The Hall–Kier alpha value is -2.76. The van der Waals surface area contributed by atoms with E-state index < -0.39 is 23.4 Å². The molecule has 2 amide bonds. The third-order valence-corrected chi connectivity index (χ3v) is 3.73. The maximum Gasteiger partial charge on any atom is 0.316 e. The first-order valence-corrected chi connectivity index (χ1v) is 7.22. The van der Waals surface area contributed by atoms with E-state index in [2.05, 4.69) is 5.32 Å². The van der Waals surface area contributed by atoms with E-state index in [1.807, 2.05) is 12.1 Å². The molecule has 2 aromatic rings. The van der Waals surface area contributed by atoms with Crippen LogP contribution in [0.5, 0.6) is 0 Å². The molecule has 6 heteroatoms. The third-order valence-electron chi connectivity index (χ3n) is 3.73. The van der Waals surface area contributed by atoms with Gasteiger partial charge in [-0.1, -0.05) is 18.2 Å². The van der Waals surface area contributed by atoms with Crippen LogP contribution >= 0.6 is 0 Å². The van der Waals surface area contributed by atoms with Gasteiger partial charge in [0.2, 0.25) is 0 Å². The number of anilines is 2. The highest BCUT2D eigenvalue weighted by molar-refractivity contribution is 6.44. The number of hydrogen-bond acceptors (Lipinski definition) is 2. The van der Waals surface area contributed by atoms with Crippen molar-refractivity contribution in [3.05, 3.63) is 59.7 Å². The van der Waals surface area contributed by atoms with Crippen LogP contribution in [0.15, 0.2) is 42.5 Å². The first-order valence-electron chi connectivity index (χ1n) is 7.22. The summed E-state index contributed by atoms with van der Waals surface area (Å²) in [5.41, 5.74) is 1.75. The van der Waals surface area contributed by atoms with Gasteiger partial charge >= 0.3 is 11.8 Å². The quantitative estimate of drug-likeness (QED) is 0.823. The second-order valence-corrected chi connectivity index (χ2v) is 5.27. The zero-order valence-electron chi connectivity index (χ0n) is 12.2. The van der Waals surface area contributed by atoms with Gasteiger partial charge in [0.05, 0.1) is 0 Å². The molecule has 0 unspecified atom stereocenters. The molecular formula is C17H14F2N2O2. The molecular weight excluding hydrogens is 302 g/mol. The first-order chi connectivity index (χ1) is 11.1. The number of halogens is 2. The molecule has 0 saturated heterocycles. The van der Waals surface area contributed by atoms with Crippen molar-refractivity contribution in [2.24, 2.45) is 0 Å². The molecule has 0 saturated carbocycles. The van der Waals surface area contributed by atoms with Crippen LogP contribution in [0.1, 0.15) is 12.0 Å². The molecule has 1 aliphatic heterocycles. The molecule has 0 atom stereocenters. The number of amides is 2. The molecule has 118 valence electrons. The van der Waals surface area contributed by atoms with Crippen molar-refractivity contribution in [1.29, 1.82) is 0 Å². The summed E-state index contributed by atoms with van der Waals surface area (Å²) < 4.78 is 26.0. The van der Waals surface area contributed by atoms with Gasteiger partial charge in [0.15, 0.2) is 11.6 Å². The monoisotopic (exact) mass is 316 g/mol. The van der Waals surface area contributed by atoms with Crippen molar-refractivity contribution in [2.45, 2.75) is 12.8 Å². The van der Waals surface area contributed by atoms with Crippen LogP contribution in [0.4, 0.5) is 20.2 Å². The molecule has 1 heterocycles. The van der Waals surface area contributed by atoms with E-state index in [-0.39, 0.29) is 5.69 Å². The Bertz CT molecular complexity index is 777. The Morgan fingerprint density at radius 3 is 2.61 bits per heavy atom. The number of nitrogens with one attached hydrogen (secondary N) is 1. The average molecular weight is 316 g/mol. The maximum absolute atomic E-state index is 13.2. The lowest BCUT2D eigenvalue weighted by atomic mass is 10.0. The Morgan fingerprint density at radius 1 is 1.04 bits per heavy atom. The second kappa shape index (κ2) is 6.16. The van der Waals surface area contributed by atoms with E-state index in [1.54, 1.807) is 12.1 Å². The summed E-state index contributed by atoms with van der Waals surface area (Å²) in [5.74, 6) is -3.70. The summed E-state index contributed by atoms with van der Waals surface area (Å²) >= 11 is 0. The molecule has 0 radical (unpaired) electrons. The number of rotatable bonds is 1. The van der Waals surface area contributed by atoms with E-state index in [0.29, 0.717) is 12.2 Å². The number of para-hydroxylation sites is 1. The molecule has 23 heavy (non-hydrogen) atoms. The van der Waals surface area contributed by atoms with Crippen LogP contribution in [0, 0.1) is 11.6 Å². The minimum absolute atomic E-state index is 0.0348. The van der Waals surface area contributed by atoms with Crippen LogP contribution in [0.25, 0.3) is 0 Å². The Morgan fingerprint density at radius 2 is 1.83 bits per heavy atom. The lowest BCUT2D eigenvalue weighted by molar-refractivity contribution is -0.134. The van der Waals surface area contributed by atoms with E-state index in [1.165, 1.54) is 11.0 Å². The van der Waals surface area contributed by atoms with Crippen molar-refractivity contribution in [3.63, 3.8) is 0 Å². The van der Waals surface area contributed by atoms with Gasteiger partial charge in [-0.2, -0.15) is 0 Å². The van der Waals surface area contributed by atoms with Crippen LogP contribution in [-0.4, -0.2) is 18.4 Å². The summed E-state index contributed by atoms with van der Waals surface area (Å²) in [4.78, 5) is 25.9. The molecule has 0 fully saturated rings. The molecule has 0 bridgehead atoms. The predicted octanol–water partition coefficient (Wildman–Crippen LogP) is 2.88.